The van der Waals surface area contributed by atoms with Crippen molar-refractivity contribution in [3.05, 3.63) is 34.9 Å². The number of aliphatic hydroxyl groups excluding tert-OH is 1. The van der Waals surface area contributed by atoms with Gasteiger partial charge in [-0.1, -0.05) is 32.4 Å². The van der Waals surface area contributed by atoms with Gasteiger partial charge in [-0.15, -0.1) is 0 Å². The van der Waals surface area contributed by atoms with Crippen molar-refractivity contribution in [2.45, 2.75) is 58.5 Å². The van der Waals surface area contributed by atoms with E-state index < -0.39 is 6.10 Å². The highest BCUT2D eigenvalue weighted by molar-refractivity contribution is 5.98. The average molecular weight is 317 g/mol. The molecule has 4 heteroatoms. The monoisotopic (exact) mass is 317 g/mol. The highest BCUT2D eigenvalue weighted by Gasteiger charge is 2.16. The lowest BCUT2D eigenvalue weighted by Gasteiger charge is -2.17. The first-order chi connectivity index (χ1) is 11.0. The van der Waals surface area contributed by atoms with Gasteiger partial charge in [0.25, 0.3) is 0 Å². The molecule has 0 aliphatic heterocycles. The maximum atomic E-state index is 12.2. The zero-order valence-electron chi connectivity index (χ0n) is 14.1. The number of aryl methyl sites for hydroxylation is 2. The highest BCUT2D eigenvalue weighted by atomic mass is 16.3. The molecule has 0 saturated heterocycles. The van der Waals surface area contributed by atoms with Gasteiger partial charge in [-0.05, 0) is 42.4 Å². The zero-order chi connectivity index (χ0) is 16.8. The summed E-state index contributed by atoms with van der Waals surface area (Å²) in [5.41, 5.74) is 3.33. The zero-order valence-corrected chi connectivity index (χ0v) is 14.1. The summed E-state index contributed by atoms with van der Waals surface area (Å²) in [6, 6.07) is 5.89. The van der Waals surface area contributed by atoms with Crippen molar-refractivity contribution >= 4 is 11.7 Å². The molecule has 2 rings (SSSR count). The van der Waals surface area contributed by atoms with Crippen LogP contribution < -0.4 is 5.32 Å². The first kappa shape index (κ1) is 17.7. The summed E-state index contributed by atoms with van der Waals surface area (Å²) in [5, 5.41) is 12.5. The molecule has 4 nitrogen and oxygen atoms in total. The number of nitrogens with one attached hydrogen (secondary N) is 1. The molecule has 0 heterocycles. The molecule has 0 radical (unpaired) electrons. The molecule has 2 unspecified atom stereocenters. The van der Waals surface area contributed by atoms with Crippen LogP contribution in [0.2, 0.25) is 0 Å². The van der Waals surface area contributed by atoms with Crippen LogP contribution in [0.5, 0.6) is 0 Å². The number of benzene rings is 1. The minimum atomic E-state index is -0.531. The van der Waals surface area contributed by atoms with Gasteiger partial charge < -0.3 is 10.4 Å². The van der Waals surface area contributed by atoms with E-state index in [2.05, 4.69) is 5.32 Å². The van der Waals surface area contributed by atoms with Gasteiger partial charge in [-0.25, -0.2) is 0 Å². The Morgan fingerprint density at radius 1 is 1.22 bits per heavy atom. The number of ketones is 1. The van der Waals surface area contributed by atoms with Gasteiger partial charge in [-0.3, -0.25) is 9.59 Å². The van der Waals surface area contributed by atoms with Crippen molar-refractivity contribution in [1.82, 2.24) is 5.32 Å². The number of amides is 1. The second-order valence-electron chi connectivity index (χ2n) is 6.52. The van der Waals surface area contributed by atoms with E-state index in [-0.39, 0.29) is 37.0 Å². The van der Waals surface area contributed by atoms with E-state index in [1.165, 1.54) is 11.1 Å². The van der Waals surface area contributed by atoms with Crippen LogP contribution in [0.1, 0.15) is 61.0 Å². The summed E-state index contributed by atoms with van der Waals surface area (Å²) in [5.74, 6) is -0.0115. The first-order valence-corrected chi connectivity index (χ1v) is 8.61. The number of fused-ring (bicyclic) bond motifs is 1. The topological polar surface area (TPSA) is 66.4 Å². The molecule has 1 aromatic rings. The fraction of sp³-hybridized carbons (Fsp3) is 0.579. The molecule has 1 aliphatic carbocycles. The van der Waals surface area contributed by atoms with Crippen LogP contribution in [0.15, 0.2) is 18.2 Å². The predicted octanol–water partition coefficient (Wildman–Crippen LogP) is 2.66. The summed E-state index contributed by atoms with van der Waals surface area (Å²) < 4.78 is 0. The first-order valence-electron chi connectivity index (χ1n) is 8.61. The third-order valence-electron chi connectivity index (χ3n) is 4.81. The molecule has 0 saturated carbocycles. The Morgan fingerprint density at radius 2 is 1.96 bits per heavy atom. The standard InChI is InChI=1S/C19H27NO3/c1-3-13(2)18(22)12-20-19(23)10-9-17(21)16-8-7-14-5-4-6-15(14)11-16/h7-8,11,13,18,22H,3-6,9-10,12H2,1-2H3,(H,20,23). The molecule has 1 amide bonds. The Balaban J connectivity index is 1.77. The molecular weight excluding hydrogens is 290 g/mol. The van der Waals surface area contributed by atoms with Gasteiger partial charge >= 0.3 is 0 Å². The number of Topliss-reactive ketones (excluding diaryl/α,β-unsaturated/α-hetero) is 1. The number of carbonyl (C=O) groups is 2. The van der Waals surface area contributed by atoms with Crippen molar-refractivity contribution in [1.29, 1.82) is 0 Å². The maximum absolute atomic E-state index is 12.2. The summed E-state index contributed by atoms with van der Waals surface area (Å²) in [7, 11) is 0. The lowest BCUT2D eigenvalue weighted by atomic mass is 10.0. The molecule has 126 valence electrons. The van der Waals surface area contributed by atoms with E-state index in [1.807, 2.05) is 32.0 Å². The molecule has 0 fully saturated rings. The third-order valence-corrected chi connectivity index (χ3v) is 4.81. The van der Waals surface area contributed by atoms with Gasteiger partial charge in [0.2, 0.25) is 5.91 Å². The van der Waals surface area contributed by atoms with Crippen molar-refractivity contribution in [2.24, 2.45) is 5.92 Å². The molecule has 0 spiro atoms. The van der Waals surface area contributed by atoms with E-state index in [9.17, 15) is 14.7 Å². The number of rotatable bonds is 8. The largest absolute Gasteiger partial charge is 0.391 e. The Labute approximate surface area is 138 Å². The predicted molar refractivity (Wildman–Crippen MR) is 90.5 cm³/mol. The van der Waals surface area contributed by atoms with Crippen molar-refractivity contribution in [2.75, 3.05) is 6.54 Å². The van der Waals surface area contributed by atoms with Crippen LogP contribution in [0.25, 0.3) is 0 Å². The molecule has 0 bridgehead atoms. The smallest absolute Gasteiger partial charge is 0.220 e. The number of carbonyl (C=O) groups excluding carboxylic acids is 2. The van der Waals surface area contributed by atoms with Gasteiger partial charge in [-0.2, -0.15) is 0 Å². The fourth-order valence-electron chi connectivity index (χ4n) is 2.90. The van der Waals surface area contributed by atoms with Crippen LogP contribution in [-0.4, -0.2) is 29.4 Å². The Hall–Kier alpha value is -1.68. The Kier molecular flexibility index (Phi) is 6.34. The molecule has 1 aliphatic rings. The summed E-state index contributed by atoms with van der Waals surface area (Å²) in [6.07, 6.45) is 4.03. The van der Waals surface area contributed by atoms with Crippen molar-refractivity contribution in [3.63, 3.8) is 0 Å². The van der Waals surface area contributed by atoms with Gasteiger partial charge in [0.1, 0.15) is 0 Å². The lowest BCUT2D eigenvalue weighted by molar-refractivity contribution is -0.121. The molecule has 2 atom stereocenters. The molecule has 23 heavy (non-hydrogen) atoms. The van der Waals surface area contributed by atoms with Crippen molar-refractivity contribution < 1.29 is 14.7 Å². The maximum Gasteiger partial charge on any atom is 0.220 e. The van der Waals surface area contributed by atoms with Crippen LogP contribution >= 0.6 is 0 Å². The lowest BCUT2D eigenvalue weighted by Crippen LogP contribution is -2.35. The minimum Gasteiger partial charge on any atom is -0.391 e. The third kappa shape index (κ3) is 4.90. The van der Waals surface area contributed by atoms with Crippen LogP contribution in [0, 0.1) is 5.92 Å². The molecule has 2 N–H and O–H groups in total. The average Bonchev–Trinajstić information content (AvgIpc) is 3.04. The van der Waals surface area contributed by atoms with E-state index >= 15 is 0 Å². The minimum absolute atomic E-state index is 0.0114. The number of hydrogen-bond acceptors (Lipinski definition) is 3. The second-order valence-corrected chi connectivity index (χ2v) is 6.52. The van der Waals surface area contributed by atoms with E-state index in [0.717, 1.165) is 25.7 Å². The fourth-order valence-corrected chi connectivity index (χ4v) is 2.90. The van der Waals surface area contributed by atoms with Crippen LogP contribution in [-0.2, 0) is 17.6 Å². The summed E-state index contributed by atoms with van der Waals surface area (Å²) >= 11 is 0. The summed E-state index contributed by atoms with van der Waals surface area (Å²) in [6.45, 7) is 4.21. The number of hydrogen-bond donors (Lipinski definition) is 2. The second kappa shape index (κ2) is 8.25. The normalized spacial score (nSPS) is 15.8. The van der Waals surface area contributed by atoms with Crippen molar-refractivity contribution in [3.8, 4) is 0 Å². The Bertz CT molecular complexity index is 568. The molecule has 0 aromatic heterocycles. The van der Waals surface area contributed by atoms with E-state index in [0.29, 0.717) is 5.56 Å². The van der Waals surface area contributed by atoms with Gasteiger partial charge in [0.05, 0.1) is 6.10 Å². The number of aliphatic hydroxyl groups is 1. The van der Waals surface area contributed by atoms with Crippen LogP contribution in [0.3, 0.4) is 0 Å². The molecular formula is C19H27NO3. The van der Waals surface area contributed by atoms with Crippen LogP contribution in [0.4, 0.5) is 0 Å². The highest BCUT2D eigenvalue weighted by Crippen LogP contribution is 2.23. The van der Waals surface area contributed by atoms with Gasteiger partial charge in [0.15, 0.2) is 5.78 Å². The molecule has 1 aromatic carbocycles. The van der Waals surface area contributed by atoms with Gasteiger partial charge in [0, 0.05) is 24.9 Å². The SMILES string of the molecule is CCC(C)C(O)CNC(=O)CCC(=O)c1ccc2c(c1)CCC2. The van der Waals surface area contributed by atoms with E-state index in [1.54, 1.807) is 0 Å². The van der Waals surface area contributed by atoms with E-state index in [4.69, 9.17) is 0 Å². The summed E-state index contributed by atoms with van der Waals surface area (Å²) in [4.78, 5) is 24.0. The quantitative estimate of drug-likeness (QED) is 0.724. The Morgan fingerprint density at radius 3 is 2.70 bits per heavy atom.